The van der Waals surface area contributed by atoms with Crippen molar-refractivity contribution < 1.29 is 19.4 Å². The summed E-state index contributed by atoms with van der Waals surface area (Å²) in [4.78, 5) is 36.1. The Bertz CT molecular complexity index is 1250. The molecule has 0 aromatic carbocycles. The van der Waals surface area contributed by atoms with Crippen LogP contribution in [0.4, 0.5) is 15.7 Å². The lowest BCUT2D eigenvalue weighted by atomic mass is 9.85. The molecule has 2 aliphatic rings. The monoisotopic (exact) mass is 584 g/mol. The number of aryl methyl sites for hydroxylation is 1. The van der Waals surface area contributed by atoms with Gasteiger partial charge in [0.2, 0.25) is 5.95 Å². The molecule has 1 saturated heterocycles. The smallest absolute Gasteiger partial charge is 0.410 e. The van der Waals surface area contributed by atoms with Crippen molar-refractivity contribution in [1.29, 1.82) is 10.7 Å². The number of thiophene rings is 1. The Balaban J connectivity index is 0.000000385. The molecule has 1 fully saturated rings. The number of carbonyl (C=O) groups is 2. The van der Waals surface area contributed by atoms with E-state index in [-0.39, 0.29) is 11.9 Å². The molecule has 2 aromatic rings. The normalized spacial score (nSPS) is 15.6. The third-order valence-corrected chi connectivity index (χ3v) is 6.93. The number of anilines is 2. The van der Waals surface area contributed by atoms with Crippen LogP contribution in [0, 0.1) is 29.6 Å². The molecule has 0 spiro atoms. The molecular weight excluding hydrogens is 544 g/mol. The lowest BCUT2D eigenvalue weighted by Crippen LogP contribution is -2.50. The number of carbonyl (C=O) groups excluding carboxylic acids is 1. The molecule has 3 heterocycles. The van der Waals surface area contributed by atoms with Gasteiger partial charge in [-0.1, -0.05) is 13.8 Å². The zero-order chi connectivity index (χ0) is 31.3. The topological polar surface area (TPSA) is 196 Å². The number of amidine groups is 1. The van der Waals surface area contributed by atoms with Crippen LogP contribution in [0.1, 0.15) is 75.1 Å². The predicted octanol–water partition coefficient (Wildman–Crippen LogP) is 3.80. The standard InChI is InChI=1S/C14H22N6O2.C10H10N2O2S.C2H6.C2H2/c1-14(2,3)22-13(21)20-8-6-19(7-9-20)12-17-5-4-10(18-12)11(15)16;11-4-6-8-5(10(13)14)2-1-3-7(8)15-9(6)12;2*1-2/h4-5H,6-9H2,1-3H3,(H3,15,16);5H,1-3,12H2,(H,13,14);1-2H3;1-2H/t;5-;;/m.0../s1. The number of hydrogen-bond acceptors (Lipinski definition) is 10. The molecule has 12 nitrogen and oxygen atoms in total. The average molecular weight is 585 g/mol. The van der Waals surface area contributed by atoms with Gasteiger partial charge < -0.3 is 31.1 Å². The molecule has 4 rings (SSSR count). The van der Waals surface area contributed by atoms with Crippen LogP contribution in [0.25, 0.3) is 0 Å². The number of nitriles is 1. The SMILES string of the molecule is C#C.CC.CC(C)(C)OC(=O)N1CCN(c2nccc(C(=N)N)n2)CC1.N#Cc1c(N)sc2c1[C@@H](C(=O)O)CCC2. The number of ether oxygens (including phenoxy) is 1. The average Bonchev–Trinajstić information content (AvgIpc) is 3.29. The zero-order valence-electron chi connectivity index (χ0n) is 24.3. The van der Waals surface area contributed by atoms with Gasteiger partial charge in [0, 0.05) is 42.8 Å². The number of piperazine rings is 1. The van der Waals surface area contributed by atoms with E-state index in [0.717, 1.165) is 17.7 Å². The van der Waals surface area contributed by atoms with Crippen molar-refractivity contribution in [2.24, 2.45) is 5.73 Å². The van der Waals surface area contributed by atoms with Gasteiger partial charge in [0.15, 0.2) is 0 Å². The number of fused-ring (bicyclic) bond motifs is 1. The van der Waals surface area contributed by atoms with Crippen LogP contribution in [-0.4, -0.2) is 69.7 Å². The number of nitrogen functional groups attached to an aromatic ring is 2. The van der Waals surface area contributed by atoms with Gasteiger partial charge in [-0.3, -0.25) is 10.2 Å². The second-order valence-electron chi connectivity index (χ2n) is 9.68. The van der Waals surface area contributed by atoms with E-state index in [1.807, 2.05) is 45.6 Å². The van der Waals surface area contributed by atoms with Crippen LogP contribution in [0.3, 0.4) is 0 Å². The third kappa shape index (κ3) is 9.65. The molecule has 1 aliphatic heterocycles. The number of nitrogens with one attached hydrogen (secondary N) is 1. The fourth-order valence-corrected chi connectivity index (χ4v) is 5.23. The predicted molar refractivity (Wildman–Crippen MR) is 161 cm³/mol. The first-order valence-electron chi connectivity index (χ1n) is 13.2. The maximum Gasteiger partial charge on any atom is 0.410 e. The summed E-state index contributed by atoms with van der Waals surface area (Å²) < 4.78 is 5.36. The van der Waals surface area contributed by atoms with E-state index >= 15 is 0 Å². The molecule has 0 unspecified atom stereocenters. The van der Waals surface area contributed by atoms with Crippen LogP contribution in [0.2, 0.25) is 0 Å². The van der Waals surface area contributed by atoms with Gasteiger partial charge in [0.05, 0.1) is 11.5 Å². The molecule has 1 amide bonds. The van der Waals surface area contributed by atoms with Crippen LogP contribution < -0.4 is 16.4 Å². The Morgan fingerprint density at radius 1 is 1.24 bits per heavy atom. The minimum Gasteiger partial charge on any atom is -0.481 e. The summed E-state index contributed by atoms with van der Waals surface area (Å²) in [6.45, 7) is 11.9. The number of rotatable bonds is 3. The second-order valence-corrected chi connectivity index (χ2v) is 10.8. The molecule has 41 heavy (non-hydrogen) atoms. The zero-order valence-corrected chi connectivity index (χ0v) is 25.1. The van der Waals surface area contributed by atoms with Gasteiger partial charge in [-0.2, -0.15) is 5.26 Å². The largest absolute Gasteiger partial charge is 0.481 e. The van der Waals surface area contributed by atoms with Gasteiger partial charge >= 0.3 is 12.1 Å². The van der Waals surface area contributed by atoms with Gasteiger partial charge in [-0.25, -0.2) is 14.8 Å². The molecule has 0 saturated carbocycles. The fourth-order valence-electron chi connectivity index (χ4n) is 4.10. The highest BCUT2D eigenvalue weighted by molar-refractivity contribution is 7.16. The van der Waals surface area contributed by atoms with Crippen molar-refractivity contribution in [3.8, 4) is 18.9 Å². The molecule has 0 radical (unpaired) electrons. The highest BCUT2D eigenvalue weighted by atomic mass is 32.1. The van der Waals surface area contributed by atoms with Crippen molar-refractivity contribution in [2.45, 2.75) is 65.4 Å². The summed E-state index contributed by atoms with van der Waals surface area (Å²) in [5.41, 5.74) is 12.1. The van der Waals surface area contributed by atoms with Crippen LogP contribution >= 0.6 is 11.3 Å². The summed E-state index contributed by atoms with van der Waals surface area (Å²) >= 11 is 1.35. The number of nitrogens with two attached hydrogens (primary N) is 2. The summed E-state index contributed by atoms with van der Waals surface area (Å²) in [7, 11) is 0. The first-order valence-corrected chi connectivity index (χ1v) is 14.0. The number of terminal acetylenes is 1. The van der Waals surface area contributed by atoms with Crippen molar-refractivity contribution in [3.63, 3.8) is 0 Å². The molecule has 13 heteroatoms. The first kappa shape index (κ1) is 34.7. The van der Waals surface area contributed by atoms with Crippen molar-refractivity contribution in [1.82, 2.24) is 14.9 Å². The number of hydrogen-bond donors (Lipinski definition) is 4. The molecule has 1 aliphatic carbocycles. The van der Waals surface area contributed by atoms with Crippen molar-refractivity contribution in [2.75, 3.05) is 36.8 Å². The van der Waals surface area contributed by atoms with Crippen LogP contribution in [0.5, 0.6) is 0 Å². The molecule has 6 N–H and O–H groups in total. The highest BCUT2D eigenvalue weighted by Gasteiger charge is 2.32. The van der Waals surface area contributed by atoms with Crippen molar-refractivity contribution >= 4 is 40.2 Å². The number of aliphatic carboxylic acids is 1. The molecule has 1 atom stereocenters. The Hall–Kier alpha value is -4.36. The molecule has 0 bridgehead atoms. The Morgan fingerprint density at radius 2 is 1.85 bits per heavy atom. The fraction of sp³-hybridized carbons (Fsp3) is 0.500. The van der Waals surface area contributed by atoms with Crippen LogP contribution in [-0.2, 0) is 16.0 Å². The minimum atomic E-state index is -0.856. The Kier molecular flexibility index (Phi) is 13.6. The summed E-state index contributed by atoms with van der Waals surface area (Å²) in [5, 5.41) is 25.9. The highest BCUT2D eigenvalue weighted by Crippen LogP contribution is 2.41. The van der Waals surface area contributed by atoms with E-state index in [1.54, 1.807) is 17.2 Å². The van der Waals surface area contributed by atoms with E-state index in [0.29, 0.717) is 60.4 Å². The summed E-state index contributed by atoms with van der Waals surface area (Å²) in [6.07, 6.45) is 11.6. The van der Waals surface area contributed by atoms with Gasteiger partial charge in [-0.05, 0) is 46.1 Å². The number of aromatic nitrogens is 2. The quantitative estimate of drug-likeness (QED) is 0.234. The van der Waals surface area contributed by atoms with Gasteiger partial charge in [-0.15, -0.1) is 24.2 Å². The maximum absolute atomic E-state index is 12.0. The number of carboxylic acid groups (broad SMARTS) is 1. The first-order chi connectivity index (χ1) is 19.4. The summed E-state index contributed by atoms with van der Waals surface area (Å²) in [6, 6.07) is 3.61. The molecule has 2 aromatic heterocycles. The Labute approximate surface area is 245 Å². The third-order valence-electron chi connectivity index (χ3n) is 5.84. The Morgan fingerprint density at radius 3 is 2.37 bits per heavy atom. The van der Waals surface area contributed by atoms with E-state index in [1.165, 1.54) is 11.3 Å². The van der Waals surface area contributed by atoms with Gasteiger partial charge in [0.1, 0.15) is 28.2 Å². The summed E-state index contributed by atoms with van der Waals surface area (Å²) in [5.74, 6) is -0.963. The second kappa shape index (κ2) is 16.0. The molecule has 222 valence electrons. The number of amides is 1. The number of nitrogens with zero attached hydrogens (tertiary/aromatic N) is 5. The van der Waals surface area contributed by atoms with Gasteiger partial charge in [0.25, 0.3) is 0 Å². The van der Waals surface area contributed by atoms with E-state index in [2.05, 4.69) is 22.8 Å². The van der Waals surface area contributed by atoms with Crippen LogP contribution in [0.15, 0.2) is 12.3 Å². The van der Waals surface area contributed by atoms with E-state index < -0.39 is 17.5 Å². The van der Waals surface area contributed by atoms with Crippen molar-refractivity contribution in [3.05, 3.63) is 34.0 Å². The van der Waals surface area contributed by atoms with E-state index in [4.69, 9.17) is 32.0 Å². The minimum absolute atomic E-state index is 0.0870. The number of carboxylic acids is 1. The lowest BCUT2D eigenvalue weighted by Gasteiger charge is -2.35. The maximum atomic E-state index is 12.0. The lowest BCUT2D eigenvalue weighted by molar-refractivity contribution is -0.139. The molecular formula is C28H40N8O4S. The van der Waals surface area contributed by atoms with E-state index in [9.17, 15) is 9.59 Å².